The molecule has 0 aromatic carbocycles. The van der Waals surface area contributed by atoms with Gasteiger partial charge in [-0.2, -0.15) is 0 Å². The first-order chi connectivity index (χ1) is 7.04. The first-order valence-corrected chi connectivity index (χ1v) is 5.51. The lowest BCUT2D eigenvalue weighted by molar-refractivity contribution is -0.140. The van der Waals surface area contributed by atoms with Gasteiger partial charge in [0, 0.05) is 5.38 Å². The van der Waals surface area contributed by atoms with E-state index in [0.29, 0.717) is 16.4 Å². The summed E-state index contributed by atoms with van der Waals surface area (Å²) in [6, 6.07) is 0. The van der Waals surface area contributed by atoms with E-state index in [0.717, 1.165) is 0 Å². The van der Waals surface area contributed by atoms with E-state index in [1.165, 1.54) is 11.3 Å². The maximum Gasteiger partial charge on any atom is 0.340 e. The Balaban J connectivity index is 2.86. The van der Waals surface area contributed by atoms with Crippen molar-refractivity contribution in [1.29, 1.82) is 0 Å². The molecule has 0 saturated carbocycles. The Morgan fingerprint density at radius 1 is 1.67 bits per heavy atom. The van der Waals surface area contributed by atoms with Gasteiger partial charge in [-0.3, -0.25) is 0 Å². The lowest BCUT2D eigenvalue weighted by Crippen LogP contribution is -2.13. The van der Waals surface area contributed by atoms with Crippen LogP contribution in [-0.2, 0) is 9.53 Å². The summed E-state index contributed by atoms with van der Waals surface area (Å²) in [6.07, 6.45) is 1.54. The summed E-state index contributed by atoms with van der Waals surface area (Å²) in [5.74, 6) is -0.363. The van der Waals surface area contributed by atoms with Gasteiger partial charge in [-0.15, -0.1) is 11.3 Å². The van der Waals surface area contributed by atoms with E-state index in [1.807, 2.05) is 0 Å². The minimum absolute atomic E-state index is 0.136. The van der Waals surface area contributed by atoms with Crippen LogP contribution < -0.4 is 5.73 Å². The molecule has 1 heterocycles. The molecule has 0 aliphatic rings. The van der Waals surface area contributed by atoms with E-state index >= 15 is 0 Å². The number of anilines is 1. The molecule has 0 saturated heterocycles. The predicted molar refractivity (Wildman–Crippen MR) is 61.4 cm³/mol. The minimum Gasteiger partial charge on any atom is -0.459 e. The van der Waals surface area contributed by atoms with Gasteiger partial charge in [-0.25, -0.2) is 9.78 Å². The molecule has 15 heavy (non-hydrogen) atoms. The van der Waals surface area contributed by atoms with Gasteiger partial charge in [-0.05, 0) is 20.8 Å². The SMILES string of the molecule is C/C=C(/C(=O)OC(C)C)c1csc(N)n1. The van der Waals surface area contributed by atoms with Gasteiger partial charge in [0.2, 0.25) is 0 Å². The predicted octanol–water partition coefficient (Wildman–Crippen LogP) is 2.08. The quantitative estimate of drug-likeness (QED) is 0.633. The molecular weight excluding hydrogens is 212 g/mol. The Hall–Kier alpha value is -1.36. The van der Waals surface area contributed by atoms with Crippen LogP contribution >= 0.6 is 11.3 Å². The second-order valence-corrected chi connectivity index (χ2v) is 4.12. The number of nitrogen functional groups attached to an aromatic ring is 1. The van der Waals surface area contributed by atoms with E-state index in [9.17, 15) is 4.79 Å². The highest BCUT2D eigenvalue weighted by molar-refractivity contribution is 7.13. The molecule has 1 aromatic heterocycles. The van der Waals surface area contributed by atoms with Crippen molar-refractivity contribution in [3.63, 3.8) is 0 Å². The maximum atomic E-state index is 11.6. The van der Waals surface area contributed by atoms with Gasteiger partial charge in [0.25, 0.3) is 0 Å². The molecule has 0 aliphatic carbocycles. The second-order valence-electron chi connectivity index (χ2n) is 3.23. The smallest absolute Gasteiger partial charge is 0.340 e. The molecule has 0 radical (unpaired) electrons. The third-order valence-electron chi connectivity index (χ3n) is 1.65. The first-order valence-electron chi connectivity index (χ1n) is 4.63. The normalized spacial score (nSPS) is 11.9. The minimum atomic E-state index is -0.363. The largest absolute Gasteiger partial charge is 0.459 e. The number of carbonyl (C=O) groups excluding carboxylic acids is 1. The molecule has 2 N–H and O–H groups in total. The molecule has 0 aliphatic heterocycles. The number of carbonyl (C=O) groups is 1. The Kier molecular flexibility index (Phi) is 3.85. The lowest BCUT2D eigenvalue weighted by Gasteiger charge is -2.08. The number of ether oxygens (including phenoxy) is 1. The number of aromatic nitrogens is 1. The van der Waals surface area contributed by atoms with Crippen molar-refractivity contribution < 1.29 is 9.53 Å². The molecule has 82 valence electrons. The number of rotatable bonds is 3. The summed E-state index contributed by atoms with van der Waals surface area (Å²) in [4.78, 5) is 15.7. The molecule has 0 fully saturated rings. The second kappa shape index (κ2) is 4.93. The summed E-state index contributed by atoms with van der Waals surface area (Å²) >= 11 is 1.30. The Morgan fingerprint density at radius 2 is 2.33 bits per heavy atom. The highest BCUT2D eigenvalue weighted by atomic mass is 32.1. The van der Waals surface area contributed by atoms with Crippen LogP contribution in [0, 0.1) is 0 Å². The maximum absolute atomic E-state index is 11.6. The zero-order valence-electron chi connectivity index (χ0n) is 8.98. The number of hydrogen-bond donors (Lipinski definition) is 1. The fraction of sp³-hybridized carbons (Fsp3) is 0.400. The van der Waals surface area contributed by atoms with Gasteiger partial charge in [0.1, 0.15) is 0 Å². The van der Waals surface area contributed by atoms with Crippen molar-refractivity contribution in [3.05, 3.63) is 17.2 Å². The van der Waals surface area contributed by atoms with Crippen LogP contribution in [0.5, 0.6) is 0 Å². The fourth-order valence-electron chi connectivity index (χ4n) is 1.06. The molecule has 5 heteroatoms. The summed E-state index contributed by atoms with van der Waals surface area (Å²) in [6.45, 7) is 5.38. The number of thiazole rings is 1. The van der Waals surface area contributed by atoms with Gasteiger partial charge < -0.3 is 10.5 Å². The lowest BCUT2D eigenvalue weighted by atomic mass is 10.2. The topological polar surface area (TPSA) is 65.2 Å². The van der Waals surface area contributed by atoms with Gasteiger partial charge in [0.05, 0.1) is 17.4 Å². The molecule has 0 atom stereocenters. The molecule has 4 nitrogen and oxygen atoms in total. The zero-order chi connectivity index (χ0) is 11.4. The Morgan fingerprint density at radius 3 is 2.73 bits per heavy atom. The first kappa shape index (κ1) is 11.7. The van der Waals surface area contributed by atoms with E-state index in [1.54, 1.807) is 32.2 Å². The molecule has 0 unspecified atom stereocenters. The van der Waals surface area contributed by atoms with Crippen molar-refractivity contribution >= 4 is 28.0 Å². The van der Waals surface area contributed by atoms with Gasteiger partial charge >= 0.3 is 5.97 Å². The number of allylic oxidation sites excluding steroid dienone is 1. The standard InChI is InChI=1S/C10H14N2O2S/c1-4-7(9(13)14-6(2)3)8-5-15-10(11)12-8/h4-6H,1-3H3,(H2,11,12)/b7-4+. The molecule has 0 amide bonds. The molecule has 0 bridgehead atoms. The Labute approximate surface area is 92.8 Å². The summed E-state index contributed by atoms with van der Waals surface area (Å²) in [5, 5.41) is 2.19. The van der Waals surface area contributed by atoms with E-state index < -0.39 is 0 Å². The highest BCUT2D eigenvalue weighted by Gasteiger charge is 2.16. The third-order valence-corrected chi connectivity index (χ3v) is 2.32. The van der Waals surface area contributed by atoms with Crippen LogP contribution in [0.4, 0.5) is 5.13 Å². The van der Waals surface area contributed by atoms with Crippen molar-refractivity contribution in [1.82, 2.24) is 4.98 Å². The zero-order valence-corrected chi connectivity index (χ0v) is 9.80. The number of esters is 1. The fourth-order valence-corrected chi connectivity index (χ4v) is 1.62. The van der Waals surface area contributed by atoms with Crippen LogP contribution in [-0.4, -0.2) is 17.1 Å². The average molecular weight is 226 g/mol. The highest BCUT2D eigenvalue weighted by Crippen LogP contribution is 2.20. The van der Waals surface area contributed by atoms with Crippen LogP contribution in [0.15, 0.2) is 11.5 Å². The number of hydrogen-bond acceptors (Lipinski definition) is 5. The van der Waals surface area contributed by atoms with Crippen molar-refractivity contribution in [2.24, 2.45) is 0 Å². The van der Waals surface area contributed by atoms with Crippen molar-refractivity contribution in [2.45, 2.75) is 26.9 Å². The summed E-state index contributed by atoms with van der Waals surface area (Å²) in [5.41, 5.74) is 6.53. The van der Waals surface area contributed by atoms with E-state index in [-0.39, 0.29) is 12.1 Å². The summed E-state index contributed by atoms with van der Waals surface area (Å²) < 4.78 is 5.08. The molecule has 1 aromatic rings. The monoisotopic (exact) mass is 226 g/mol. The molecule has 0 spiro atoms. The van der Waals surface area contributed by atoms with Gasteiger partial charge in [-0.1, -0.05) is 6.08 Å². The Bertz CT molecular complexity index is 383. The van der Waals surface area contributed by atoms with Crippen molar-refractivity contribution in [3.8, 4) is 0 Å². The molecule has 1 rings (SSSR count). The van der Waals surface area contributed by atoms with Crippen LogP contribution in [0.1, 0.15) is 26.5 Å². The summed E-state index contributed by atoms with van der Waals surface area (Å²) in [7, 11) is 0. The number of nitrogens with two attached hydrogens (primary N) is 1. The third kappa shape index (κ3) is 3.06. The number of nitrogens with zero attached hydrogens (tertiary/aromatic N) is 1. The molecular formula is C10H14N2O2S. The van der Waals surface area contributed by atoms with E-state index in [2.05, 4.69) is 4.98 Å². The average Bonchev–Trinajstić information content (AvgIpc) is 2.51. The van der Waals surface area contributed by atoms with Gasteiger partial charge in [0.15, 0.2) is 5.13 Å². The van der Waals surface area contributed by atoms with Crippen LogP contribution in [0.25, 0.3) is 5.57 Å². The van der Waals surface area contributed by atoms with Crippen molar-refractivity contribution in [2.75, 3.05) is 5.73 Å². The van der Waals surface area contributed by atoms with Crippen LogP contribution in [0.3, 0.4) is 0 Å². The van der Waals surface area contributed by atoms with E-state index in [4.69, 9.17) is 10.5 Å². The van der Waals surface area contributed by atoms with Crippen LogP contribution in [0.2, 0.25) is 0 Å².